The van der Waals surface area contributed by atoms with Crippen LogP contribution in [0.4, 0.5) is 0 Å². The van der Waals surface area contributed by atoms with Crippen LogP contribution in [0.1, 0.15) is 44.4 Å². The molecule has 1 aliphatic carbocycles. The maximum absolute atomic E-state index is 10.1. The fraction of sp³-hybridized carbons (Fsp3) is 0.421. The van der Waals surface area contributed by atoms with Gasteiger partial charge in [0.1, 0.15) is 0 Å². The van der Waals surface area contributed by atoms with Gasteiger partial charge in [0.25, 0.3) is 0 Å². The highest BCUT2D eigenvalue weighted by molar-refractivity contribution is 5.73. The number of fused-ring (bicyclic) bond motifs is 1. The van der Waals surface area contributed by atoms with E-state index < -0.39 is 0 Å². The molecule has 116 valence electrons. The van der Waals surface area contributed by atoms with Gasteiger partial charge in [-0.15, -0.1) is 0 Å². The lowest BCUT2D eigenvalue weighted by Crippen LogP contribution is -2.17. The zero-order valence-corrected chi connectivity index (χ0v) is 13.5. The third-order valence-corrected chi connectivity index (χ3v) is 3.94. The van der Waals surface area contributed by atoms with Gasteiger partial charge in [-0.2, -0.15) is 0 Å². The number of ether oxygens (including phenoxy) is 1. The molecule has 3 nitrogen and oxygen atoms in total. The highest BCUT2D eigenvalue weighted by atomic mass is 16.5. The van der Waals surface area contributed by atoms with Crippen molar-refractivity contribution in [2.45, 2.75) is 39.7 Å². The van der Waals surface area contributed by atoms with Gasteiger partial charge < -0.3 is 9.84 Å². The van der Waals surface area contributed by atoms with Crippen LogP contribution in [-0.4, -0.2) is 16.7 Å². The van der Waals surface area contributed by atoms with Crippen molar-refractivity contribution < 1.29 is 9.84 Å². The van der Waals surface area contributed by atoms with Crippen molar-refractivity contribution in [1.29, 1.82) is 0 Å². The minimum atomic E-state index is -0.342. The summed E-state index contributed by atoms with van der Waals surface area (Å²) in [6, 6.07) is 10.1. The number of rotatable bonds is 3. The second-order valence-electron chi connectivity index (χ2n) is 7.13. The van der Waals surface area contributed by atoms with E-state index in [0.717, 1.165) is 29.5 Å². The van der Waals surface area contributed by atoms with Crippen molar-refractivity contribution in [3.63, 3.8) is 0 Å². The molecule has 0 unspecified atom stereocenters. The normalized spacial score (nSPS) is 17.4. The standard InChI is InChI=1S/C19H23NO2/c1-19(2,3)12-22-18-16(8-5-11-20-18)13-6-4-7-15-14(13)9-10-17(15)21/h4-8,11,17,21H,9-10,12H2,1-3H3/t17-/m0/s1. The van der Waals surface area contributed by atoms with E-state index in [9.17, 15) is 5.11 Å². The molecule has 0 aliphatic heterocycles. The van der Waals surface area contributed by atoms with Crippen LogP contribution in [-0.2, 0) is 6.42 Å². The van der Waals surface area contributed by atoms with Crippen LogP contribution in [0.25, 0.3) is 11.1 Å². The van der Waals surface area contributed by atoms with Crippen LogP contribution in [0.2, 0.25) is 0 Å². The van der Waals surface area contributed by atoms with Crippen LogP contribution in [0, 0.1) is 5.41 Å². The molecule has 3 rings (SSSR count). The van der Waals surface area contributed by atoms with Gasteiger partial charge in [-0.3, -0.25) is 0 Å². The largest absolute Gasteiger partial charge is 0.477 e. The molecule has 1 aromatic heterocycles. The summed E-state index contributed by atoms with van der Waals surface area (Å²) in [7, 11) is 0. The zero-order valence-electron chi connectivity index (χ0n) is 13.5. The van der Waals surface area contributed by atoms with E-state index in [-0.39, 0.29) is 11.5 Å². The van der Waals surface area contributed by atoms with E-state index >= 15 is 0 Å². The number of aromatic nitrogens is 1. The highest BCUT2D eigenvalue weighted by Crippen LogP contribution is 2.40. The molecule has 1 aromatic carbocycles. The summed E-state index contributed by atoms with van der Waals surface area (Å²) in [5, 5.41) is 10.1. The summed E-state index contributed by atoms with van der Waals surface area (Å²) in [6.07, 6.45) is 3.12. The quantitative estimate of drug-likeness (QED) is 0.925. The predicted molar refractivity (Wildman–Crippen MR) is 87.9 cm³/mol. The Kier molecular flexibility index (Phi) is 3.92. The van der Waals surface area contributed by atoms with Crippen LogP contribution >= 0.6 is 0 Å². The van der Waals surface area contributed by atoms with Crippen molar-refractivity contribution in [3.8, 4) is 17.0 Å². The molecular formula is C19H23NO2. The van der Waals surface area contributed by atoms with Gasteiger partial charge >= 0.3 is 0 Å². The second kappa shape index (κ2) is 5.73. The zero-order chi connectivity index (χ0) is 15.7. The number of benzene rings is 1. The second-order valence-corrected chi connectivity index (χ2v) is 7.13. The van der Waals surface area contributed by atoms with Crippen molar-refractivity contribution >= 4 is 0 Å². The molecule has 1 aliphatic rings. The Morgan fingerprint density at radius 2 is 1.95 bits per heavy atom. The molecule has 0 fully saturated rings. The predicted octanol–water partition coefficient (Wildman–Crippen LogP) is 4.15. The van der Waals surface area contributed by atoms with E-state index in [1.54, 1.807) is 6.20 Å². The van der Waals surface area contributed by atoms with Crippen LogP contribution in [0.3, 0.4) is 0 Å². The molecule has 0 bridgehead atoms. The van der Waals surface area contributed by atoms with Gasteiger partial charge in [-0.25, -0.2) is 4.98 Å². The van der Waals surface area contributed by atoms with Gasteiger partial charge in [-0.05, 0) is 47.1 Å². The molecule has 0 spiro atoms. The fourth-order valence-electron chi connectivity index (χ4n) is 2.88. The Bertz CT molecular complexity index is 673. The molecule has 1 heterocycles. The van der Waals surface area contributed by atoms with Gasteiger partial charge in [-0.1, -0.05) is 39.0 Å². The Morgan fingerprint density at radius 3 is 2.73 bits per heavy atom. The average molecular weight is 297 g/mol. The Labute approximate surface area is 132 Å². The summed E-state index contributed by atoms with van der Waals surface area (Å²) < 4.78 is 5.97. The minimum Gasteiger partial charge on any atom is -0.477 e. The first-order chi connectivity index (χ1) is 10.5. The Balaban J connectivity index is 2.00. The number of nitrogens with zero attached hydrogens (tertiary/aromatic N) is 1. The number of pyridine rings is 1. The molecule has 0 amide bonds. The molecule has 2 aromatic rings. The van der Waals surface area contributed by atoms with Crippen molar-refractivity contribution in [1.82, 2.24) is 4.98 Å². The minimum absolute atomic E-state index is 0.0869. The van der Waals surface area contributed by atoms with Gasteiger partial charge in [0.2, 0.25) is 5.88 Å². The lowest BCUT2D eigenvalue weighted by Gasteiger charge is -2.20. The highest BCUT2D eigenvalue weighted by Gasteiger charge is 2.24. The van der Waals surface area contributed by atoms with Crippen LogP contribution in [0.15, 0.2) is 36.5 Å². The van der Waals surface area contributed by atoms with E-state index in [1.807, 2.05) is 24.3 Å². The van der Waals surface area contributed by atoms with Crippen LogP contribution in [0.5, 0.6) is 5.88 Å². The fourth-order valence-corrected chi connectivity index (χ4v) is 2.88. The molecule has 1 atom stereocenters. The summed E-state index contributed by atoms with van der Waals surface area (Å²) in [5.74, 6) is 0.673. The van der Waals surface area contributed by atoms with Crippen molar-refractivity contribution in [3.05, 3.63) is 47.7 Å². The molecule has 1 N–H and O–H groups in total. The Hall–Kier alpha value is -1.87. The topological polar surface area (TPSA) is 42.4 Å². The SMILES string of the molecule is CC(C)(C)COc1ncccc1-c1cccc2c1CC[C@@H]2O. The monoisotopic (exact) mass is 297 g/mol. The molecule has 22 heavy (non-hydrogen) atoms. The average Bonchev–Trinajstić information content (AvgIpc) is 2.87. The summed E-state index contributed by atoms with van der Waals surface area (Å²) in [4.78, 5) is 4.42. The summed E-state index contributed by atoms with van der Waals surface area (Å²) in [5.41, 5.74) is 4.50. The van der Waals surface area contributed by atoms with E-state index in [0.29, 0.717) is 12.5 Å². The van der Waals surface area contributed by atoms with E-state index in [1.165, 1.54) is 5.56 Å². The lowest BCUT2D eigenvalue weighted by atomic mass is 9.97. The van der Waals surface area contributed by atoms with Crippen molar-refractivity contribution in [2.24, 2.45) is 5.41 Å². The molecule has 0 saturated carbocycles. The maximum Gasteiger partial charge on any atom is 0.221 e. The third-order valence-electron chi connectivity index (χ3n) is 3.94. The smallest absolute Gasteiger partial charge is 0.221 e. The first-order valence-electron chi connectivity index (χ1n) is 7.84. The maximum atomic E-state index is 10.1. The number of hydrogen-bond donors (Lipinski definition) is 1. The van der Waals surface area contributed by atoms with Crippen LogP contribution < -0.4 is 4.74 Å². The van der Waals surface area contributed by atoms with E-state index in [2.05, 4.69) is 31.8 Å². The summed E-state index contributed by atoms with van der Waals surface area (Å²) in [6.45, 7) is 7.05. The Morgan fingerprint density at radius 1 is 1.18 bits per heavy atom. The molecule has 3 heteroatoms. The molecular weight excluding hydrogens is 274 g/mol. The van der Waals surface area contributed by atoms with Gasteiger partial charge in [0.15, 0.2) is 0 Å². The van der Waals surface area contributed by atoms with Crippen molar-refractivity contribution in [2.75, 3.05) is 6.61 Å². The number of aliphatic hydroxyl groups excluding tert-OH is 1. The third kappa shape index (κ3) is 3.00. The molecule has 0 saturated heterocycles. The lowest BCUT2D eigenvalue weighted by molar-refractivity contribution is 0.180. The number of aliphatic hydroxyl groups is 1. The van der Waals surface area contributed by atoms with E-state index in [4.69, 9.17) is 4.74 Å². The first-order valence-corrected chi connectivity index (χ1v) is 7.84. The first kappa shape index (κ1) is 15.0. The summed E-state index contributed by atoms with van der Waals surface area (Å²) >= 11 is 0. The van der Waals surface area contributed by atoms with Gasteiger partial charge in [0.05, 0.1) is 12.7 Å². The molecule has 0 radical (unpaired) electrons. The number of hydrogen-bond acceptors (Lipinski definition) is 3. The van der Waals surface area contributed by atoms with Gasteiger partial charge in [0, 0.05) is 11.8 Å².